The van der Waals surface area contributed by atoms with Crippen molar-refractivity contribution in [2.75, 3.05) is 6.54 Å². The van der Waals surface area contributed by atoms with Crippen molar-refractivity contribution in [1.29, 1.82) is 0 Å². The average Bonchev–Trinajstić information content (AvgIpc) is 3.52. The van der Waals surface area contributed by atoms with Gasteiger partial charge in [-0.3, -0.25) is 9.78 Å². The molecule has 0 radical (unpaired) electrons. The zero-order valence-electron chi connectivity index (χ0n) is 16.6. The molecule has 2 aliphatic rings. The second-order valence-electron chi connectivity index (χ2n) is 8.06. The Morgan fingerprint density at radius 2 is 1.94 bits per heavy atom. The zero-order valence-corrected chi connectivity index (χ0v) is 16.6. The van der Waals surface area contributed by atoms with E-state index >= 15 is 0 Å². The Morgan fingerprint density at radius 1 is 1.23 bits per heavy atom. The smallest absolute Gasteiger partial charge is 0.369 e. The van der Waals surface area contributed by atoms with E-state index in [1.165, 1.54) is 13.0 Å². The van der Waals surface area contributed by atoms with Gasteiger partial charge in [0.25, 0.3) is 5.91 Å². The molecule has 2 fully saturated rings. The van der Waals surface area contributed by atoms with E-state index in [9.17, 15) is 27.9 Å². The van der Waals surface area contributed by atoms with Gasteiger partial charge in [0.05, 0.1) is 0 Å². The van der Waals surface area contributed by atoms with Crippen LogP contribution in [0.15, 0.2) is 42.6 Å². The number of nitrogens with zero attached hydrogens (tertiary/aromatic N) is 1. The van der Waals surface area contributed by atoms with Crippen LogP contribution in [-0.4, -0.2) is 39.8 Å². The summed E-state index contributed by atoms with van der Waals surface area (Å²) < 4.78 is 38.4. The molecule has 4 N–H and O–H groups in total. The predicted octanol–water partition coefficient (Wildman–Crippen LogP) is 2.67. The van der Waals surface area contributed by atoms with Crippen LogP contribution in [0.1, 0.15) is 35.8 Å². The molecule has 1 aliphatic carbocycles. The molecule has 4 rings (SSSR count). The Hall–Kier alpha value is -3.14. The predicted molar refractivity (Wildman–Crippen MR) is 105 cm³/mol. The number of rotatable bonds is 5. The summed E-state index contributed by atoms with van der Waals surface area (Å²) in [4.78, 5) is 28.3. The van der Waals surface area contributed by atoms with Crippen LogP contribution in [0.2, 0.25) is 0 Å². The Labute approximate surface area is 176 Å². The Balaban J connectivity index is 1.57. The molecule has 3 amide bonds. The zero-order chi connectivity index (χ0) is 22.4. The van der Waals surface area contributed by atoms with E-state index in [4.69, 9.17) is 0 Å². The van der Waals surface area contributed by atoms with E-state index in [0.29, 0.717) is 11.1 Å². The molecule has 2 heterocycles. The quantitative estimate of drug-likeness (QED) is 0.581. The van der Waals surface area contributed by atoms with Gasteiger partial charge in [-0.1, -0.05) is 24.3 Å². The standard InChI is InChI=1S/C21H21F3N4O3/c1-19(31)20(13-7-8-13,28-18(30)27-19)11-26-17(29)15-5-3-2-4-14(15)12-6-9-16(25-10-12)21(22,23)24/h2-6,9-10,13,31H,7-8,11H2,1H3,(H,26,29)(H2,27,28,30)/t19?,20-/m0/s1. The van der Waals surface area contributed by atoms with Gasteiger partial charge in [-0.25, -0.2) is 4.79 Å². The minimum absolute atomic E-state index is 0.0103. The fraction of sp³-hybridized carbons (Fsp3) is 0.381. The first-order chi connectivity index (χ1) is 14.5. The third-order valence-electron chi connectivity index (χ3n) is 5.90. The SMILES string of the molecule is CC1(O)NC(=O)N[C@@]1(CNC(=O)c1ccccc1-c1ccc(C(F)(F)F)nc1)C1CC1. The van der Waals surface area contributed by atoms with Crippen molar-refractivity contribution < 1.29 is 27.9 Å². The first-order valence-electron chi connectivity index (χ1n) is 9.77. The van der Waals surface area contributed by atoms with Crippen molar-refractivity contribution in [2.45, 2.75) is 37.2 Å². The van der Waals surface area contributed by atoms with Crippen molar-refractivity contribution in [3.63, 3.8) is 0 Å². The van der Waals surface area contributed by atoms with Crippen molar-refractivity contribution in [3.05, 3.63) is 53.9 Å². The molecule has 164 valence electrons. The molecule has 1 saturated carbocycles. The summed E-state index contributed by atoms with van der Waals surface area (Å²) in [5.41, 5.74) is -2.59. The number of halogens is 3. The Kier molecular flexibility index (Phi) is 4.92. The third-order valence-corrected chi connectivity index (χ3v) is 5.90. The highest BCUT2D eigenvalue weighted by Crippen LogP contribution is 2.46. The van der Waals surface area contributed by atoms with Gasteiger partial charge in [-0.05, 0) is 43.4 Å². The number of carbonyl (C=O) groups excluding carboxylic acids is 2. The topological polar surface area (TPSA) is 103 Å². The molecule has 0 spiro atoms. The van der Waals surface area contributed by atoms with Crippen LogP contribution in [0.25, 0.3) is 11.1 Å². The number of aliphatic hydroxyl groups is 1. The lowest BCUT2D eigenvalue weighted by atomic mass is 9.83. The molecule has 1 aliphatic heterocycles. The second-order valence-corrected chi connectivity index (χ2v) is 8.06. The lowest BCUT2D eigenvalue weighted by Crippen LogP contribution is -2.65. The van der Waals surface area contributed by atoms with E-state index in [1.54, 1.807) is 24.3 Å². The summed E-state index contributed by atoms with van der Waals surface area (Å²) in [6.07, 6.45) is -1.86. The highest BCUT2D eigenvalue weighted by Gasteiger charge is 2.62. The lowest BCUT2D eigenvalue weighted by Gasteiger charge is -2.38. The molecule has 2 aromatic rings. The van der Waals surface area contributed by atoms with Gasteiger partial charge in [-0.15, -0.1) is 0 Å². The summed E-state index contributed by atoms with van der Waals surface area (Å²) >= 11 is 0. The van der Waals surface area contributed by atoms with E-state index in [0.717, 1.165) is 25.1 Å². The number of urea groups is 1. The van der Waals surface area contributed by atoms with E-state index in [-0.39, 0.29) is 18.0 Å². The highest BCUT2D eigenvalue weighted by atomic mass is 19.4. The van der Waals surface area contributed by atoms with Crippen molar-refractivity contribution in [1.82, 2.24) is 20.9 Å². The van der Waals surface area contributed by atoms with Crippen LogP contribution >= 0.6 is 0 Å². The van der Waals surface area contributed by atoms with Crippen LogP contribution in [0.5, 0.6) is 0 Å². The number of hydrogen-bond donors (Lipinski definition) is 4. The maximum atomic E-state index is 13.0. The number of nitrogens with one attached hydrogen (secondary N) is 3. The number of pyridine rings is 1. The van der Waals surface area contributed by atoms with Crippen molar-refractivity contribution in [3.8, 4) is 11.1 Å². The number of amides is 3. The van der Waals surface area contributed by atoms with Crippen LogP contribution in [0.4, 0.5) is 18.0 Å². The van der Waals surface area contributed by atoms with Gasteiger partial charge in [0.15, 0.2) is 5.72 Å². The van der Waals surface area contributed by atoms with E-state index in [2.05, 4.69) is 20.9 Å². The summed E-state index contributed by atoms with van der Waals surface area (Å²) in [5.74, 6) is -0.469. The maximum Gasteiger partial charge on any atom is 0.433 e. The lowest BCUT2D eigenvalue weighted by molar-refractivity contribution is -0.141. The first kappa shape index (κ1) is 21.1. The number of benzene rings is 1. The molecule has 2 atom stereocenters. The largest absolute Gasteiger partial charge is 0.433 e. The van der Waals surface area contributed by atoms with Crippen LogP contribution in [-0.2, 0) is 6.18 Å². The second kappa shape index (κ2) is 7.23. The van der Waals surface area contributed by atoms with Gasteiger partial charge in [-0.2, -0.15) is 13.2 Å². The van der Waals surface area contributed by atoms with Gasteiger partial charge in [0.2, 0.25) is 0 Å². The fourth-order valence-corrected chi connectivity index (χ4v) is 4.09. The third kappa shape index (κ3) is 3.83. The normalized spacial score (nSPS) is 25.6. The van der Waals surface area contributed by atoms with Crippen LogP contribution < -0.4 is 16.0 Å². The molecular weight excluding hydrogens is 413 g/mol. The number of alkyl halides is 3. The Bertz CT molecular complexity index is 1020. The first-order valence-corrected chi connectivity index (χ1v) is 9.77. The molecule has 1 saturated heterocycles. The van der Waals surface area contributed by atoms with Gasteiger partial charge in [0.1, 0.15) is 11.2 Å². The molecule has 1 unspecified atom stereocenters. The molecule has 31 heavy (non-hydrogen) atoms. The molecule has 7 nitrogen and oxygen atoms in total. The maximum absolute atomic E-state index is 13.0. The molecule has 10 heteroatoms. The number of hydrogen-bond acceptors (Lipinski definition) is 4. The van der Waals surface area contributed by atoms with Gasteiger partial charge in [0, 0.05) is 23.9 Å². The van der Waals surface area contributed by atoms with E-state index < -0.39 is 35.1 Å². The highest BCUT2D eigenvalue weighted by molar-refractivity contribution is 6.01. The summed E-state index contributed by atoms with van der Waals surface area (Å²) in [5, 5.41) is 18.8. The van der Waals surface area contributed by atoms with Crippen molar-refractivity contribution in [2.24, 2.45) is 5.92 Å². The minimum atomic E-state index is -4.55. The molecule has 1 aromatic heterocycles. The van der Waals surface area contributed by atoms with Crippen LogP contribution in [0, 0.1) is 5.92 Å². The molecule has 0 bridgehead atoms. The minimum Gasteiger partial charge on any atom is -0.369 e. The van der Waals surface area contributed by atoms with Crippen molar-refractivity contribution >= 4 is 11.9 Å². The molecule has 1 aromatic carbocycles. The Morgan fingerprint density at radius 3 is 2.48 bits per heavy atom. The monoisotopic (exact) mass is 434 g/mol. The number of aromatic nitrogens is 1. The summed E-state index contributed by atoms with van der Waals surface area (Å²) in [6, 6.07) is 8.09. The van der Waals surface area contributed by atoms with E-state index in [1.807, 2.05) is 0 Å². The number of carbonyl (C=O) groups is 2. The molecular formula is C21H21F3N4O3. The summed E-state index contributed by atoms with van der Waals surface area (Å²) in [6.45, 7) is 1.47. The average molecular weight is 434 g/mol. The summed E-state index contributed by atoms with van der Waals surface area (Å²) in [7, 11) is 0. The fourth-order valence-electron chi connectivity index (χ4n) is 4.09. The van der Waals surface area contributed by atoms with Crippen LogP contribution in [0.3, 0.4) is 0 Å². The van der Waals surface area contributed by atoms with Gasteiger partial charge >= 0.3 is 12.2 Å². The van der Waals surface area contributed by atoms with Gasteiger partial charge < -0.3 is 21.1 Å².